The van der Waals surface area contributed by atoms with Crippen molar-refractivity contribution < 1.29 is 14.3 Å². The number of anilines is 1. The van der Waals surface area contributed by atoms with E-state index in [-0.39, 0.29) is 29.5 Å². The lowest BCUT2D eigenvalue weighted by Gasteiger charge is -2.32. The Balaban J connectivity index is 1.20. The number of hydrogen-bond donors (Lipinski definition) is 2. The molecule has 1 aromatic heterocycles. The molecule has 0 radical (unpaired) electrons. The second kappa shape index (κ2) is 10.4. The van der Waals surface area contributed by atoms with E-state index in [0.717, 1.165) is 5.56 Å². The summed E-state index contributed by atoms with van der Waals surface area (Å²) in [5, 5.41) is 9.64. The van der Waals surface area contributed by atoms with Crippen LogP contribution in [-0.4, -0.2) is 65.4 Å². The Labute approximate surface area is 201 Å². The molecule has 2 aliphatic heterocycles. The summed E-state index contributed by atoms with van der Waals surface area (Å²) in [6, 6.07) is 7.29. The monoisotopic (exact) mass is 493 g/mol. The molecule has 176 valence electrons. The van der Waals surface area contributed by atoms with Crippen molar-refractivity contribution in [1.82, 2.24) is 20.4 Å². The quantitative estimate of drug-likeness (QED) is 0.662. The van der Waals surface area contributed by atoms with Crippen LogP contribution in [0.4, 0.5) is 10.5 Å². The predicted molar refractivity (Wildman–Crippen MR) is 125 cm³/mol. The van der Waals surface area contributed by atoms with Crippen LogP contribution in [-0.2, 0) is 16.0 Å². The van der Waals surface area contributed by atoms with E-state index in [1.807, 2.05) is 23.1 Å². The largest absolute Gasteiger partial charge is 0.444 e. The van der Waals surface area contributed by atoms with Crippen molar-refractivity contribution in [3.8, 4) is 0 Å². The smallest absolute Gasteiger partial charge is 0.407 e. The van der Waals surface area contributed by atoms with Crippen molar-refractivity contribution in [2.75, 3.05) is 31.1 Å². The van der Waals surface area contributed by atoms with Crippen molar-refractivity contribution in [3.63, 3.8) is 0 Å². The number of aromatic amines is 1. The van der Waals surface area contributed by atoms with Crippen LogP contribution in [0.1, 0.15) is 24.8 Å². The zero-order valence-corrected chi connectivity index (χ0v) is 19.4. The summed E-state index contributed by atoms with van der Waals surface area (Å²) in [5.41, 5.74) is 0.893. The predicted octanol–water partition coefficient (Wildman–Crippen LogP) is 2.62. The number of carbonyl (C=O) groups excluding carboxylic acids is 2. The number of hydrogen-bond acceptors (Lipinski definition) is 6. The van der Waals surface area contributed by atoms with Crippen LogP contribution in [0, 0.1) is 0 Å². The van der Waals surface area contributed by atoms with Crippen LogP contribution in [0.15, 0.2) is 35.3 Å². The third-order valence-corrected chi connectivity index (χ3v) is 6.74. The first-order valence-electron chi connectivity index (χ1n) is 10.9. The molecule has 4 rings (SSSR count). The molecule has 9 nitrogen and oxygen atoms in total. The maximum absolute atomic E-state index is 12.6. The van der Waals surface area contributed by atoms with Gasteiger partial charge in [0.1, 0.15) is 11.1 Å². The molecular weight excluding hydrogens is 469 g/mol. The van der Waals surface area contributed by atoms with Gasteiger partial charge >= 0.3 is 6.09 Å². The van der Waals surface area contributed by atoms with Crippen molar-refractivity contribution in [3.05, 3.63) is 56.4 Å². The highest BCUT2D eigenvalue weighted by molar-refractivity contribution is 6.33. The first-order valence-corrected chi connectivity index (χ1v) is 11.6. The molecule has 0 unspecified atom stereocenters. The van der Waals surface area contributed by atoms with E-state index >= 15 is 0 Å². The topological polar surface area (TPSA) is 108 Å². The summed E-state index contributed by atoms with van der Waals surface area (Å²) in [4.78, 5) is 40.3. The Bertz CT molecular complexity index is 1070. The minimum atomic E-state index is -0.474. The lowest BCUT2D eigenvalue weighted by atomic mass is 10.0. The molecule has 2 saturated heterocycles. The van der Waals surface area contributed by atoms with Crippen molar-refractivity contribution >= 4 is 40.9 Å². The van der Waals surface area contributed by atoms with Crippen molar-refractivity contribution in [1.29, 1.82) is 0 Å². The Hall–Kier alpha value is -2.78. The first-order chi connectivity index (χ1) is 15.9. The summed E-state index contributed by atoms with van der Waals surface area (Å²) in [7, 11) is 0. The number of benzene rings is 1. The molecular formula is C22H25Cl2N5O4. The number of halogens is 2. The molecule has 11 heteroatoms. The summed E-state index contributed by atoms with van der Waals surface area (Å²) in [6.07, 6.45) is 2.93. The molecule has 0 saturated carbocycles. The average molecular weight is 494 g/mol. The zero-order valence-electron chi connectivity index (χ0n) is 17.9. The van der Waals surface area contributed by atoms with Crippen LogP contribution >= 0.6 is 23.2 Å². The number of aromatic nitrogens is 2. The van der Waals surface area contributed by atoms with Gasteiger partial charge in [-0.3, -0.25) is 9.59 Å². The number of amides is 2. The normalized spacial score (nSPS) is 18.9. The molecule has 0 bridgehead atoms. The standard InChI is InChI=1S/C22H25Cl2N5O4/c23-17-4-2-1-3-14(17)11-19(30)28-8-5-15(6-9-28)26-22(32)33-16-7-10-29(13-16)18-12-25-27-21(31)20(18)24/h1-4,12,15-16H,5-11,13H2,(H,26,32)(H,27,31)/t16-/m1/s1. The summed E-state index contributed by atoms with van der Waals surface area (Å²) < 4.78 is 5.57. The fraction of sp³-hybridized carbons (Fsp3) is 0.455. The summed E-state index contributed by atoms with van der Waals surface area (Å²) >= 11 is 12.2. The molecule has 2 aliphatic rings. The molecule has 1 aromatic carbocycles. The van der Waals surface area contributed by atoms with Gasteiger partial charge < -0.3 is 19.9 Å². The van der Waals surface area contributed by atoms with Crippen LogP contribution in [0.5, 0.6) is 0 Å². The number of likely N-dealkylation sites (tertiary alicyclic amines) is 1. The molecule has 0 spiro atoms. The summed E-state index contributed by atoms with van der Waals surface area (Å²) in [6.45, 7) is 2.18. The maximum atomic E-state index is 12.6. The molecule has 2 fully saturated rings. The molecule has 2 aromatic rings. The molecule has 33 heavy (non-hydrogen) atoms. The van der Waals surface area contributed by atoms with Crippen LogP contribution in [0.3, 0.4) is 0 Å². The Kier molecular flexibility index (Phi) is 7.39. The van der Waals surface area contributed by atoms with E-state index in [1.165, 1.54) is 6.20 Å². The highest BCUT2D eigenvalue weighted by Crippen LogP contribution is 2.26. The SMILES string of the molecule is O=C(NC1CCN(C(=O)Cc2ccccc2Cl)CC1)O[C@@H]1CCN(c2cn[nH]c(=O)c2Cl)C1. The number of rotatable bonds is 5. The number of nitrogens with one attached hydrogen (secondary N) is 2. The van der Waals surface area contributed by atoms with Crippen LogP contribution in [0.2, 0.25) is 10.0 Å². The van der Waals surface area contributed by atoms with Gasteiger partial charge in [-0.15, -0.1) is 0 Å². The summed E-state index contributed by atoms with van der Waals surface area (Å²) in [5.74, 6) is 0.0306. The van der Waals surface area contributed by atoms with Gasteiger partial charge in [0.25, 0.3) is 5.56 Å². The third kappa shape index (κ3) is 5.78. The highest BCUT2D eigenvalue weighted by Gasteiger charge is 2.29. The van der Waals surface area contributed by atoms with Gasteiger partial charge in [-0.25, -0.2) is 9.89 Å². The minimum Gasteiger partial charge on any atom is -0.444 e. The van der Waals surface area contributed by atoms with E-state index in [9.17, 15) is 14.4 Å². The van der Waals surface area contributed by atoms with E-state index in [1.54, 1.807) is 11.0 Å². The number of piperidine rings is 1. The van der Waals surface area contributed by atoms with E-state index in [4.69, 9.17) is 27.9 Å². The molecule has 3 heterocycles. The fourth-order valence-electron chi connectivity index (χ4n) is 4.18. The number of carbonyl (C=O) groups is 2. The molecule has 2 amide bonds. The van der Waals surface area contributed by atoms with Gasteiger partial charge in [0.15, 0.2) is 0 Å². The van der Waals surface area contributed by atoms with Gasteiger partial charge in [-0.05, 0) is 24.5 Å². The van der Waals surface area contributed by atoms with Gasteiger partial charge in [-0.2, -0.15) is 5.10 Å². The van der Waals surface area contributed by atoms with Crippen LogP contribution < -0.4 is 15.8 Å². The van der Waals surface area contributed by atoms with Crippen molar-refractivity contribution in [2.24, 2.45) is 0 Å². The third-order valence-electron chi connectivity index (χ3n) is 6.01. The minimum absolute atomic E-state index is 0.0306. The van der Waals surface area contributed by atoms with Gasteiger partial charge in [-0.1, -0.05) is 41.4 Å². The average Bonchev–Trinajstić information content (AvgIpc) is 3.25. The van der Waals surface area contributed by atoms with Gasteiger partial charge in [0, 0.05) is 37.1 Å². The molecule has 2 N–H and O–H groups in total. The maximum Gasteiger partial charge on any atom is 0.407 e. The number of nitrogens with zero attached hydrogens (tertiary/aromatic N) is 3. The zero-order chi connectivity index (χ0) is 23.4. The molecule has 0 aliphatic carbocycles. The lowest BCUT2D eigenvalue weighted by Crippen LogP contribution is -2.47. The van der Waals surface area contributed by atoms with E-state index in [2.05, 4.69) is 15.5 Å². The lowest BCUT2D eigenvalue weighted by molar-refractivity contribution is -0.131. The van der Waals surface area contributed by atoms with Gasteiger partial charge in [0.2, 0.25) is 5.91 Å². The van der Waals surface area contributed by atoms with E-state index < -0.39 is 11.7 Å². The van der Waals surface area contributed by atoms with Crippen LogP contribution in [0.25, 0.3) is 0 Å². The van der Waals surface area contributed by atoms with Gasteiger partial charge in [0.05, 0.1) is 24.8 Å². The number of alkyl carbamates (subject to hydrolysis) is 1. The Morgan fingerprint density at radius 1 is 1.15 bits per heavy atom. The van der Waals surface area contributed by atoms with E-state index in [0.29, 0.717) is 56.2 Å². The first kappa shape index (κ1) is 23.4. The second-order valence-electron chi connectivity index (χ2n) is 8.23. The Morgan fingerprint density at radius 2 is 1.91 bits per heavy atom. The Morgan fingerprint density at radius 3 is 2.67 bits per heavy atom. The number of ether oxygens (including phenoxy) is 1. The number of H-pyrrole nitrogens is 1. The molecule has 1 atom stereocenters. The fourth-order valence-corrected chi connectivity index (χ4v) is 4.59. The highest BCUT2D eigenvalue weighted by atomic mass is 35.5. The second-order valence-corrected chi connectivity index (χ2v) is 9.01. The van der Waals surface area contributed by atoms with Crippen molar-refractivity contribution in [2.45, 2.75) is 37.8 Å².